The summed E-state index contributed by atoms with van der Waals surface area (Å²) in [4.78, 5) is 12.2. The first kappa shape index (κ1) is 20.0. The van der Waals surface area contributed by atoms with Crippen molar-refractivity contribution in [1.29, 1.82) is 0 Å². The van der Waals surface area contributed by atoms with Crippen molar-refractivity contribution in [3.8, 4) is 5.75 Å². The molecule has 0 aliphatic rings. The number of amides is 1. The van der Waals surface area contributed by atoms with Crippen LogP contribution in [0.4, 0.5) is 5.69 Å². The number of rotatable bonds is 9. The normalized spacial score (nSPS) is 10.5. The number of carbonyl (C=O) groups is 1. The largest absolute Gasteiger partial charge is 0.486 e. The molecule has 0 fully saturated rings. The van der Waals surface area contributed by atoms with Crippen LogP contribution in [0.5, 0.6) is 5.75 Å². The van der Waals surface area contributed by atoms with E-state index in [4.69, 9.17) is 16.3 Å². The van der Waals surface area contributed by atoms with E-state index in [1.807, 2.05) is 34.9 Å². The molecule has 1 aromatic heterocycles. The summed E-state index contributed by atoms with van der Waals surface area (Å²) in [5, 5.41) is 12.5. The highest BCUT2D eigenvalue weighted by atomic mass is 35.5. The van der Waals surface area contributed by atoms with Crippen LogP contribution in [0.1, 0.15) is 5.82 Å². The number of hydrogen-bond donors (Lipinski definition) is 1. The molecule has 0 spiro atoms. The molecule has 0 unspecified atom stereocenters. The SMILES string of the molecule is C=CCn1c(COc2ccccc2)nnc1SCC(=O)Nc1ccc(Cl)cc1. The van der Waals surface area contributed by atoms with E-state index in [1.54, 1.807) is 30.3 Å². The lowest BCUT2D eigenvalue weighted by Gasteiger charge is -2.09. The van der Waals surface area contributed by atoms with Crippen molar-refractivity contribution < 1.29 is 9.53 Å². The minimum atomic E-state index is -0.137. The number of nitrogens with one attached hydrogen (secondary N) is 1. The molecule has 2 aromatic carbocycles. The number of hydrogen-bond acceptors (Lipinski definition) is 5. The molecule has 0 saturated carbocycles. The summed E-state index contributed by atoms with van der Waals surface area (Å²) in [5.74, 6) is 1.50. The smallest absolute Gasteiger partial charge is 0.234 e. The molecular formula is C20H19ClN4O2S. The van der Waals surface area contributed by atoms with Gasteiger partial charge in [-0.3, -0.25) is 9.36 Å². The Bertz CT molecular complexity index is 929. The second-order valence-corrected chi connectivity index (χ2v) is 7.12. The zero-order valence-corrected chi connectivity index (χ0v) is 16.6. The molecule has 0 saturated heterocycles. The van der Waals surface area contributed by atoms with Crippen molar-refractivity contribution in [1.82, 2.24) is 14.8 Å². The van der Waals surface area contributed by atoms with Crippen molar-refractivity contribution in [2.24, 2.45) is 0 Å². The van der Waals surface area contributed by atoms with E-state index in [9.17, 15) is 4.79 Å². The minimum absolute atomic E-state index is 0.137. The topological polar surface area (TPSA) is 69.0 Å². The van der Waals surface area contributed by atoms with Gasteiger partial charge in [-0.25, -0.2) is 0 Å². The summed E-state index contributed by atoms with van der Waals surface area (Å²) in [7, 11) is 0. The van der Waals surface area contributed by atoms with Crippen LogP contribution in [-0.4, -0.2) is 26.4 Å². The van der Waals surface area contributed by atoms with Gasteiger partial charge in [0.05, 0.1) is 5.75 Å². The number of carbonyl (C=O) groups excluding carboxylic acids is 1. The number of thioether (sulfide) groups is 1. The lowest BCUT2D eigenvalue weighted by Crippen LogP contribution is -2.15. The molecule has 3 aromatic rings. The second-order valence-electron chi connectivity index (χ2n) is 5.74. The van der Waals surface area contributed by atoms with Crippen LogP contribution in [0.25, 0.3) is 0 Å². The number of nitrogens with zero attached hydrogens (tertiary/aromatic N) is 3. The molecule has 144 valence electrons. The van der Waals surface area contributed by atoms with E-state index in [-0.39, 0.29) is 18.3 Å². The molecule has 1 amide bonds. The maximum atomic E-state index is 12.2. The standard InChI is InChI=1S/C20H19ClN4O2S/c1-2-12-25-18(13-27-17-6-4-3-5-7-17)23-24-20(25)28-14-19(26)22-16-10-8-15(21)9-11-16/h2-11H,1,12-14H2,(H,22,26). The van der Waals surface area contributed by atoms with E-state index < -0.39 is 0 Å². The van der Waals surface area contributed by atoms with Crippen LogP contribution in [0.3, 0.4) is 0 Å². The average Bonchev–Trinajstić information content (AvgIpc) is 3.09. The van der Waals surface area contributed by atoms with Crippen LogP contribution >= 0.6 is 23.4 Å². The van der Waals surface area contributed by atoms with Crippen LogP contribution in [-0.2, 0) is 17.9 Å². The van der Waals surface area contributed by atoms with Gasteiger partial charge in [-0.05, 0) is 36.4 Å². The zero-order valence-electron chi connectivity index (χ0n) is 15.0. The van der Waals surface area contributed by atoms with Crippen molar-refractivity contribution in [3.63, 3.8) is 0 Å². The Kier molecular flexibility index (Phi) is 7.11. The van der Waals surface area contributed by atoms with Gasteiger partial charge >= 0.3 is 0 Å². The van der Waals surface area contributed by atoms with Gasteiger partial charge in [-0.1, -0.05) is 47.6 Å². The average molecular weight is 415 g/mol. The maximum absolute atomic E-state index is 12.2. The summed E-state index contributed by atoms with van der Waals surface area (Å²) < 4.78 is 7.63. The number of halogens is 1. The molecule has 6 nitrogen and oxygen atoms in total. The third-order valence-electron chi connectivity index (χ3n) is 3.68. The summed E-state index contributed by atoms with van der Waals surface area (Å²) in [6.45, 7) is 4.59. The lowest BCUT2D eigenvalue weighted by molar-refractivity contribution is -0.113. The molecule has 3 rings (SSSR count). The van der Waals surface area contributed by atoms with Crippen molar-refractivity contribution >= 4 is 35.0 Å². The van der Waals surface area contributed by atoms with E-state index in [0.717, 1.165) is 5.75 Å². The summed E-state index contributed by atoms with van der Waals surface area (Å²) in [5.41, 5.74) is 0.694. The quantitative estimate of drug-likeness (QED) is 0.414. The molecule has 0 atom stereocenters. The fourth-order valence-electron chi connectivity index (χ4n) is 2.37. The lowest BCUT2D eigenvalue weighted by atomic mass is 10.3. The Morgan fingerprint density at radius 1 is 1.18 bits per heavy atom. The first-order chi connectivity index (χ1) is 13.7. The van der Waals surface area contributed by atoms with Gasteiger partial charge < -0.3 is 10.1 Å². The number of para-hydroxylation sites is 1. The predicted molar refractivity (Wildman–Crippen MR) is 112 cm³/mol. The molecular weight excluding hydrogens is 396 g/mol. The highest BCUT2D eigenvalue weighted by molar-refractivity contribution is 7.99. The van der Waals surface area contributed by atoms with Gasteiger partial charge in [0, 0.05) is 17.3 Å². The van der Waals surface area contributed by atoms with Crippen LogP contribution < -0.4 is 10.1 Å². The Morgan fingerprint density at radius 2 is 1.93 bits per heavy atom. The van der Waals surface area contributed by atoms with Crippen molar-refractivity contribution in [3.05, 3.63) is 78.1 Å². The van der Waals surface area contributed by atoms with Gasteiger partial charge in [0.25, 0.3) is 0 Å². The zero-order chi connectivity index (χ0) is 19.8. The highest BCUT2D eigenvalue weighted by Gasteiger charge is 2.14. The van der Waals surface area contributed by atoms with Gasteiger partial charge in [0.15, 0.2) is 11.0 Å². The second kappa shape index (κ2) is 9.96. The number of benzene rings is 2. The number of ether oxygens (including phenoxy) is 1. The Labute approximate surface area is 172 Å². The van der Waals surface area contributed by atoms with Crippen molar-refractivity contribution in [2.75, 3.05) is 11.1 Å². The summed E-state index contributed by atoms with van der Waals surface area (Å²) in [6.07, 6.45) is 1.76. The number of anilines is 1. The van der Waals surface area contributed by atoms with Crippen LogP contribution in [0.15, 0.2) is 72.4 Å². The molecule has 0 aliphatic heterocycles. The summed E-state index contributed by atoms with van der Waals surface area (Å²) in [6, 6.07) is 16.5. The third-order valence-corrected chi connectivity index (χ3v) is 4.90. The van der Waals surface area contributed by atoms with E-state index in [1.165, 1.54) is 11.8 Å². The maximum Gasteiger partial charge on any atom is 0.234 e. The van der Waals surface area contributed by atoms with Crippen molar-refractivity contribution in [2.45, 2.75) is 18.3 Å². The fraction of sp³-hybridized carbons (Fsp3) is 0.150. The molecule has 0 bridgehead atoms. The van der Waals surface area contributed by atoms with Crippen LogP contribution in [0, 0.1) is 0 Å². The third kappa shape index (κ3) is 5.61. The predicted octanol–water partition coefficient (Wildman–Crippen LogP) is 4.43. The Morgan fingerprint density at radius 3 is 2.64 bits per heavy atom. The number of allylic oxidation sites excluding steroid dienone is 1. The monoisotopic (exact) mass is 414 g/mol. The first-order valence-corrected chi connectivity index (χ1v) is 9.91. The highest BCUT2D eigenvalue weighted by Crippen LogP contribution is 2.20. The molecule has 28 heavy (non-hydrogen) atoms. The van der Waals surface area contributed by atoms with E-state index in [2.05, 4.69) is 22.1 Å². The Hall–Kier alpha value is -2.77. The fourth-order valence-corrected chi connectivity index (χ4v) is 3.26. The van der Waals surface area contributed by atoms with Crippen LogP contribution in [0.2, 0.25) is 5.02 Å². The van der Waals surface area contributed by atoms with E-state index >= 15 is 0 Å². The van der Waals surface area contributed by atoms with Gasteiger partial charge in [-0.2, -0.15) is 0 Å². The molecule has 8 heteroatoms. The molecule has 1 N–H and O–H groups in total. The summed E-state index contributed by atoms with van der Waals surface area (Å²) >= 11 is 7.16. The van der Waals surface area contributed by atoms with Gasteiger partial charge in [0.2, 0.25) is 5.91 Å². The minimum Gasteiger partial charge on any atom is -0.486 e. The molecule has 0 aliphatic carbocycles. The number of aromatic nitrogens is 3. The van der Waals surface area contributed by atoms with Gasteiger partial charge in [0.1, 0.15) is 12.4 Å². The molecule has 0 radical (unpaired) electrons. The van der Waals surface area contributed by atoms with Gasteiger partial charge in [-0.15, -0.1) is 16.8 Å². The molecule has 1 heterocycles. The Balaban J connectivity index is 1.59. The van der Waals surface area contributed by atoms with E-state index in [0.29, 0.717) is 28.2 Å². The first-order valence-electron chi connectivity index (χ1n) is 8.55.